The fraction of sp³-hybridized carbons (Fsp3) is 0.229. The number of hydrogen-bond donors (Lipinski definition) is 2. The normalized spacial score (nSPS) is 10.2. The van der Waals surface area contributed by atoms with E-state index in [9.17, 15) is 9.59 Å². The van der Waals surface area contributed by atoms with Crippen molar-refractivity contribution in [1.82, 2.24) is 19.9 Å². The fourth-order valence-corrected chi connectivity index (χ4v) is 8.70. The van der Waals surface area contributed by atoms with E-state index in [1.54, 1.807) is 36.4 Å². The molecule has 3 aliphatic rings. The Morgan fingerprint density at radius 3 is 0.654 bits per heavy atom. The van der Waals surface area contributed by atoms with Gasteiger partial charge in [-0.2, -0.15) is 0 Å². The first-order chi connectivity index (χ1) is 38.4. The lowest BCUT2D eigenvalue weighted by Gasteiger charge is -2.02. The van der Waals surface area contributed by atoms with Gasteiger partial charge in [0.2, 0.25) is 11.6 Å². The van der Waals surface area contributed by atoms with Gasteiger partial charge in [0, 0.05) is 49.5 Å². The van der Waals surface area contributed by atoms with Gasteiger partial charge in [-0.15, -0.1) is 0 Å². The van der Waals surface area contributed by atoms with Gasteiger partial charge in [0.05, 0.1) is 56.2 Å². The average Bonchev–Trinajstić information content (AvgIpc) is 4.12. The van der Waals surface area contributed by atoms with Crippen LogP contribution < -0.4 is 11.5 Å². The molecule has 404 valence electrons. The minimum Gasteiger partial charge on any atom is -0.397 e. The molecule has 2 aromatic heterocycles. The van der Waals surface area contributed by atoms with Gasteiger partial charge in [0.25, 0.3) is 0 Å². The van der Waals surface area contributed by atoms with Crippen molar-refractivity contribution in [2.24, 2.45) is 0 Å². The highest BCUT2D eigenvalue weighted by atomic mass is 16.2. The number of nitrogens with zero attached hydrogens (tertiary/aromatic N) is 4. The first-order valence-corrected chi connectivity index (χ1v) is 28.2. The maximum Gasteiger partial charge on any atom is 0.234 e. The molecule has 8 nitrogen and oxygen atoms in total. The maximum atomic E-state index is 11.5. The first kappa shape index (κ1) is 63.7. The zero-order valence-corrected chi connectivity index (χ0v) is 49.1. The number of Topliss-reactive ketones (excluding diaryl/α,β-unsaturated/α-hetero) is 2. The predicted octanol–water partition coefficient (Wildman–Crippen LogP) is 20.1. The Balaban J connectivity index is 0.000000259. The van der Waals surface area contributed by atoms with Crippen LogP contribution in [0.1, 0.15) is 131 Å². The summed E-state index contributed by atoms with van der Waals surface area (Å²) in [5.74, 6) is -0.756. The number of carbonyl (C=O) groups excluding carboxylic acids is 2. The third-order valence-electron chi connectivity index (χ3n) is 11.6. The molecule has 0 saturated heterocycles. The van der Waals surface area contributed by atoms with Gasteiger partial charge in [0.1, 0.15) is 0 Å². The van der Waals surface area contributed by atoms with E-state index in [0.29, 0.717) is 22.5 Å². The number of fused-ring (bicyclic) bond motifs is 8. The second-order valence-corrected chi connectivity index (χ2v) is 15.2. The highest BCUT2D eigenvalue weighted by molar-refractivity contribution is 6.57. The Kier molecular flexibility index (Phi) is 26.7. The largest absolute Gasteiger partial charge is 0.397 e. The number of nitrogen functional groups attached to an aromatic ring is 2. The van der Waals surface area contributed by atoms with Crippen LogP contribution in [-0.2, 0) is 0 Å². The van der Waals surface area contributed by atoms with E-state index in [2.05, 4.69) is 72.8 Å². The zero-order chi connectivity index (χ0) is 57.9. The smallest absolute Gasteiger partial charge is 0.234 e. The van der Waals surface area contributed by atoms with Gasteiger partial charge >= 0.3 is 0 Å². The number of nitrogens with two attached hydrogens (primary N) is 2. The zero-order valence-electron chi connectivity index (χ0n) is 49.1. The van der Waals surface area contributed by atoms with E-state index < -0.39 is 0 Å². The molecule has 2 heterocycles. The monoisotopic (exact) mass is 1040 g/mol. The summed E-state index contributed by atoms with van der Waals surface area (Å²) in [6.45, 7) is 32.0. The van der Waals surface area contributed by atoms with Crippen LogP contribution in [0.5, 0.6) is 0 Å². The SMILES string of the molecule is CC.CC.CC.CC.CC.CC.CC.CC.Nc1ccccc1N.O=C1C(=O)c2cccc3cccc1c23.c1cc2c3c(cccc3c1)-c1nc3ccccc3nc1-2.c1cc2c3c(cccc3c1)-c1nc3ccccc3nc1-2. The molecule has 0 spiro atoms. The lowest BCUT2D eigenvalue weighted by atomic mass is 10.0. The molecule has 0 unspecified atom stereocenters. The molecule has 0 atom stereocenters. The summed E-state index contributed by atoms with van der Waals surface area (Å²) in [6.07, 6.45) is 0. The van der Waals surface area contributed by atoms with Crippen LogP contribution in [0.4, 0.5) is 11.4 Å². The van der Waals surface area contributed by atoms with Crippen molar-refractivity contribution >= 4 is 77.3 Å². The molecule has 3 aliphatic carbocycles. The minimum absolute atomic E-state index is 0.378. The number of anilines is 2. The fourth-order valence-electron chi connectivity index (χ4n) is 8.70. The van der Waals surface area contributed by atoms with Crippen LogP contribution in [0.15, 0.2) is 182 Å². The molecule has 8 heteroatoms. The van der Waals surface area contributed by atoms with E-state index in [-0.39, 0.29) is 11.6 Å². The summed E-state index contributed by atoms with van der Waals surface area (Å²) >= 11 is 0. The number of rotatable bonds is 0. The van der Waals surface area contributed by atoms with Gasteiger partial charge in [0.15, 0.2) is 0 Å². The molecule has 78 heavy (non-hydrogen) atoms. The quantitative estimate of drug-likeness (QED) is 0.113. The van der Waals surface area contributed by atoms with Crippen molar-refractivity contribution in [1.29, 1.82) is 0 Å². The van der Waals surface area contributed by atoms with Gasteiger partial charge in [-0.25, -0.2) is 19.9 Å². The van der Waals surface area contributed by atoms with E-state index in [1.807, 2.05) is 184 Å². The molecular weight excluding hydrogens is 957 g/mol. The average molecular weight is 1040 g/mol. The summed E-state index contributed by atoms with van der Waals surface area (Å²) in [6, 6.07) is 59.7. The van der Waals surface area contributed by atoms with Gasteiger partial charge in [-0.3, -0.25) is 9.59 Å². The molecule has 9 aromatic carbocycles. The van der Waals surface area contributed by atoms with Crippen LogP contribution in [0, 0.1) is 0 Å². The van der Waals surface area contributed by atoms with Gasteiger partial charge in [-0.1, -0.05) is 256 Å². The number of carbonyl (C=O) groups is 2. The van der Waals surface area contributed by atoms with E-state index in [4.69, 9.17) is 31.4 Å². The minimum atomic E-state index is -0.378. The number of benzene rings is 9. The Labute approximate surface area is 465 Å². The number of para-hydroxylation sites is 6. The van der Waals surface area contributed by atoms with Crippen LogP contribution in [-0.4, -0.2) is 31.5 Å². The summed E-state index contributed by atoms with van der Waals surface area (Å²) in [4.78, 5) is 42.4. The van der Waals surface area contributed by atoms with Crippen molar-refractivity contribution in [3.63, 3.8) is 0 Å². The molecule has 0 saturated carbocycles. The third kappa shape index (κ3) is 13.5. The van der Waals surface area contributed by atoms with Crippen molar-refractivity contribution in [2.75, 3.05) is 11.5 Å². The third-order valence-corrected chi connectivity index (χ3v) is 11.6. The Hall–Kier alpha value is -8.62. The van der Waals surface area contributed by atoms with Gasteiger partial charge < -0.3 is 11.5 Å². The molecule has 0 radical (unpaired) electrons. The second-order valence-electron chi connectivity index (χ2n) is 15.2. The predicted molar refractivity (Wildman–Crippen MR) is 342 cm³/mol. The summed E-state index contributed by atoms with van der Waals surface area (Å²) < 4.78 is 0. The molecule has 0 aliphatic heterocycles. The van der Waals surface area contributed by atoms with Crippen LogP contribution in [0.2, 0.25) is 0 Å². The highest BCUT2D eigenvalue weighted by Crippen LogP contribution is 2.47. The number of hydrogen-bond acceptors (Lipinski definition) is 8. The molecule has 0 fully saturated rings. The van der Waals surface area contributed by atoms with Crippen LogP contribution >= 0.6 is 0 Å². The standard InChI is InChI=1S/2C18H10N2.C12H6O2.C6H8N2.8C2H6/c2*1-2-10-15-14(9-1)19-17-12-7-3-5-11-6-4-8-13(16(11)12)18(17)20-15;13-11-8-5-1-3-7-4-2-6-9(10(7)8)12(11)14;7-5-3-1-2-4-6(5)8;8*1-2/h2*1-10H;1-6H;1-4H,7-8H2;8*1-2H3. The number of aromatic nitrogens is 4. The van der Waals surface area contributed by atoms with Crippen molar-refractivity contribution in [2.45, 2.75) is 111 Å². The lowest BCUT2D eigenvalue weighted by Crippen LogP contribution is -2.05. The highest BCUT2D eigenvalue weighted by Gasteiger charge is 2.30. The molecule has 0 bridgehead atoms. The maximum absolute atomic E-state index is 11.5. The van der Waals surface area contributed by atoms with Crippen LogP contribution in [0.3, 0.4) is 0 Å². The lowest BCUT2D eigenvalue weighted by molar-refractivity contribution is 0.0825. The summed E-state index contributed by atoms with van der Waals surface area (Å²) in [7, 11) is 0. The topological polar surface area (TPSA) is 138 Å². The van der Waals surface area contributed by atoms with Gasteiger partial charge in [-0.05, 0) is 52.6 Å². The molecule has 4 N–H and O–H groups in total. The second kappa shape index (κ2) is 32.7. The number of ketones is 2. The molecule has 14 rings (SSSR count). The Bertz CT molecular complexity index is 3290. The molecule has 0 amide bonds. The van der Waals surface area contributed by atoms with Crippen molar-refractivity contribution < 1.29 is 9.59 Å². The summed E-state index contributed by atoms with van der Waals surface area (Å²) in [5, 5.41) is 6.83. The van der Waals surface area contributed by atoms with Crippen LogP contribution in [0.25, 0.3) is 99.4 Å². The van der Waals surface area contributed by atoms with E-state index in [1.165, 1.54) is 43.8 Å². The Morgan fingerprint density at radius 1 is 0.244 bits per heavy atom. The first-order valence-electron chi connectivity index (χ1n) is 28.2. The van der Waals surface area contributed by atoms with E-state index >= 15 is 0 Å². The summed E-state index contributed by atoms with van der Waals surface area (Å²) in [5.41, 5.74) is 25.8. The molecule has 11 aromatic rings. The van der Waals surface area contributed by atoms with Crippen molar-refractivity contribution in [3.05, 3.63) is 193 Å². The van der Waals surface area contributed by atoms with Crippen molar-refractivity contribution in [3.8, 4) is 45.0 Å². The Morgan fingerprint density at radius 2 is 0.436 bits per heavy atom. The molecular formula is C70H82N6O2. The van der Waals surface area contributed by atoms with E-state index in [0.717, 1.165) is 55.6 Å².